The molecule has 0 aliphatic carbocycles. The molecule has 3 aromatic rings. The van der Waals surface area contributed by atoms with Crippen LogP contribution in [0.15, 0.2) is 18.3 Å². The van der Waals surface area contributed by atoms with Crippen molar-refractivity contribution in [2.24, 2.45) is 0 Å². The summed E-state index contributed by atoms with van der Waals surface area (Å²) in [6, 6.07) is 2.46. The van der Waals surface area contributed by atoms with E-state index >= 15 is 0 Å². The molecule has 130 valence electrons. The van der Waals surface area contributed by atoms with Crippen LogP contribution in [0.3, 0.4) is 0 Å². The van der Waals surface area contributed by atoms with Gasteiger partial charge >= 0.3 is 6.18 Å². The third-order valence-corrected chi connectivity index (χ3v) is 5.30. The predicted molar refractivity (Wildman–Crippen MR) is 85.1 cm³/mol. The molecule has 1 N–H and O–H groups in total. The van der Waals surface area contributed by atoms with Crippen LogP contribution < -0.4 is 5.32 Å². The van der Waals surface area contributed by atoms with Crippen LogP contribution in [0, 0.1) is 12.7 Å². The van der Waals surface area contributed by atoms with E-state index in [9.17, 15) is 22.4 Å². The SMILES string of the molecule is Cc1c2n(c3c(-c4ncc(C(F)(F)F)s4)cc(F)cc13)CCNC2=O. The van der Waals surface area contributed by atoms with E-state index in [0.29, 0.717) is 46.6 Å². The second-order valence-corrected chi connectivity index (χ2v) is 6.79. The number of carbonyl (C=O) groups excluding carboxylic acids is 1. The van der Waals surface area contributed by atoms with Gasteiger partial charge in [-0.05, 0) is 24.6 Å². The summed E-state index contributed by atoms with van der Waals surface area (Å²) in [7, 11) is 0. The molecule has 0 radical (unpaired) electrons. The van der Waals surface area contributed by atoms with E-state index in [1.807, 2.05) is 0 Å². The molecule has 0 unspecified atom stereocenters. The quantitative estimate of drug-likeness (QED) is 0.660. The molecule has 1 aliphatic rings. The summed E-state index contributed by atoms with van der Waals surface area (Å²) in [4.78, 5) is 15.1. The zero-order chi connectivity index (χ0) is 17.9. The van der Waals surface area contributed by atoms with Gasteiger partial charge in [0, 0.05) is 24.0 Å². The summed E-state index contributed by atoms with van der Waals surface area (Å²) in [5.74, 6) is -0.862. The smallest absolute Gasteiger partial charge is 0.349 e. The molecule has 4 nitrogen and oxygen atoms in total. The number of amides is 1. The fourth-order valence-electron chi connectivity index (χ4n) is 3.19. The average molecular weight is 369 g/mol. The highest BCUT2D eigenvalue weighted by Crippen LogP contribution is 2.40. The van der Waals surface area contributed by atoms with E-state index in [4.69, 9.17) is 0 Å². The summed E-state index contributed by atoms with van der Waals surface area (Å²) in [5.41, 5.74) is 1.80. The van der Waals surface area contributed by atoms with Gasteiger partial charge in [-0.2, -0.15) is 13.2 Å². The van der Waals surface area contributed by atoms with Crippen molar-refractivity contribution in [3.63, 3.8) is 0 Å². The maximum atomic E-state index is 14.1. The number of hydrogen-bond donors (Lipinski definition) is 1. The number of fused-ring (bicyclic) bond motifs is 3. The summed E-state index contributed by atoms with van der Waals surface area (Å²) in [6.45, 7) is 2.56. The van der Waals surface area contributed by atoms with Gasteiger partial charge in [0.25, 0.3) is 5.91 Å². The maximum absolute atomic E-state index is 14.1. The number of benzene rings is 1. The molecule has 0 fully saturated rings. The van der Waals surface area contributed by atoms with Gasteiger partial charge in [0.15, 0.2) is 0 Å². The van der Waals surface area contributed by atoms with Crippen molar-refractivity contribution < 1.29 is 22.4 Å². The predicted octanol–water partition coefficient (Wildman–Crippen LogP) is 3.97. The second-order valence-electron chi connectivity index (χ2n) is 5.76. The van der Waals surface area contributed by atoms with Gasteiger partial charge in [0.2, 0.25) is 0 Å². The van der Waals surface area contributed by atoms with Crippen LogP contribution in [-0.2, 0) is 12.7 Å². The molecular formula is C16H11F4N3OS. The fourth-order valence-corrected chi connectivity index (χ4v) is 3.99. The molecule has 1 amide bonds. The van der Waals surface area contributed by atoms with Gasteiger partial charge in [-0.1, -0.05) is 0 Å². The number of carbonyl (C=O) groups is 1. The zero-order valence-electron chi connectivity index (χ0n) is 12.9. The Hall–Kier alpha value is -2.42. The van der Waals surface area contributed by atoms with E-state index in [1.54, 1.807) is 11.5 Å². The number of aryl methyl sites for hydroxylation is 1. The van der Waals surface area contributed by atoms with Crippen LogP contribution >= 0.6 is 11.3 Å². The average Bonchev–Trinajstić information content (AvgIpc) is 3.12. The summed E-state index contributed by atoms with van der Waals surface area (Å²) in [6.07, 6.45) is -3.76. The highest BCUT2D eigenvalue weighted by atomic mass is 32.1. The van der Waals surface area contributed by atoms with Crippen LogP contribution in [0.1, 0.15) is 20.9 Å². The van der Waals surface area contributed by atoms with Gasteiger partial charge in [-0.3, -0.25) is 4.79 Å². The zero-order valence-corrected chi connectivity index (χ0v) is 13.7. The first-order valence-corrected chi connectivity index (χ1v) is 8.23. The first-order chi connectivity index (χ1) is 11.8. The lowest BCUT2D eigenvalue weighted by Crippen LogP contribution is -2.35. The number of alkyl halides is 3. The lowest BCUT2D eigenvalue weighted by molar-refractivity contribution is -0.134. The Kier molecular flexibility index (Phi) is 3.40. The molecule has 3 heterocycles. The molecule has 1 aromatic carbocycles. The van der Waals surface area contributed by atoms with E-state index in [-0.39, 0.29) is 16.5 Å². The molecule has 0 atom stereocenters. The fraction of sp³-hybridized carbons (Fsp3) is 0.250. The maximum Gasteiger partial charge on any atom is 0.427 e. The minimum atomic E-state index is -4.50. The Morgan fingerprint density at radius 2 is 2.08 bits per heavy atom. The van der Waals surface area contributed by atoms with Crippen molar-refractivity contribution in [3.05, 3.63) is 40.3 Å². The van der Waals surface area contributed by atoms with Gasteiger partial charge < -0.3 is 9.88 Å². The molecule has 1 aliphatic heterocycles. The van der Waals surface area contributed by atoms with Crippen molar-refractivity contribution in [2.45, 2.75) is 19.6 Å². The summed E-state index contributed by atoms with van der Waals surface area (Å²) < 4.78 is 54.5. The number of rotatable bonds is 1. The number of nitrogens with zero attached hydrogens (tertiary/aromatic N) is 2. The molecule has 0 saturated heterocycles. The molecule has 4 rings (SSSR count). The third-order valence-electron chi connectivity index (χ3n) is 4.23. The van der Waals surface area contributed by atoms with E-state index in [0.717, 1.165) is 6.20 Å². The lowest BCUT2D eigenvalue weighted by atomic mass is 10.1. The first kappa shape index (κ1) is 16.1. The largest absolute Gasteiger partial charge is 0.427 e. The van der Waals surface area contributed by atoms with Crippen molar-refractivity contribution in [1.82, 2.24) is 14.9 Å². The minimum absolute atomic E-state index is 0.0723. The van der Waals surface area contributed by atoms with Crippen LogP contribution in [0.4, 0.5) is 17.6 Å². The minimum Gasteiger partial charge on any atom is -0.349 e. The van der Waals surface area contributed by atoms with Crippen molar-refractivity contribution in [2.75, 3.05) is 6.54 Å². The first-order valence-electron chi connectivity index (χ1n) is 7.41. The number of thiazole rings is 1. The van der Waals surface area contributed by atoms with Gasteiger partial charge in [-0.25, -0.2) is 9.37 Å². The molecule has 9 heteroatoms. The normalized spacial score (nSPS) is 14.7. The number of nitrogens with one attached hydrogen (secondary N) is 1. The van der Waals surface area contributed by atoms with Crippen molar-refractivity contribution in [1.29, 1.82) is 0 Å². The Bertz CT molecular complexity index is 1020. The Morgan fingerprint density at radius 1 is 1.32 bits per heavy atom. The van der Waals surface area contributed by atoms with Crippen LogP contribution in [-0.4, -0.2) is 22.0 Å². The molecule has 0 spiro atoms. The van der Waals surface area contributed by atoms with Crippen LogP contribution in [0.2, 0.25) is 0 Å². The van der Waals surface area contributed by atoms with E-state index in [1.165, 1.54) is 12.1 Å². The second kappa shape index (κ2) is 5.29. The van der Waals surface area contributed by atoms with Crippen molar-refractivity contribution in [3.8, 4) is 10.6 Å². The number of hydrogen-bond acceptors (Lipinski definition) is 3. The highest BCUT2D eigenvalue weighted by Gasteiger charge is 2.34. The summed E-state index contributed by atoms with van der Waals surface area (Å²) >= 11 is 0.461. The lowest BCUT2D eigenvalue weighted by Gasteiger charge is -2.18. The monoisotopic (exact) mass is 369 g/mol. The molecule has 0 bridgehead atoms. The molecule has 25 heavy (non-hydrogen) atoms. The topological polar surface area (TPSA) is 46.9 Å². The molecule has 2 aromatic heterocycles. The molecular weight excluding hydrogens is 358 g/mol. The number of aromatic nitrogens is 2. The standard InChI is InChI=1S/C16H11F4N3OS/c1-7-9-4-8(17)5-10(15-22-6-11(25-15)16(18,19)20)13(9)23-3-2-21-14(24)12(7)23/h4-6H,2-3H2,1H3,(H,21,24). The Morgan fingerprint density at radius 3 is 2.76 bits per heavy atom. The Balaban J connectivity index is 2.03. The Labute approximate surface area is 143 Å². The van der Waals surface area contributed by atoms with Gasteiger partial charge in [0.05, 0.1) is 11.7 Å². The molecule has 0 saturated carbocycles. The highest BCUT2D eigenvalue weighted by molar-refractivity contribution is 7.15. The van der Waals surface area contributed by atoms with E-state index < -0.39 is 16.9 Å². The number of halogens is 4. The van der Waals surface area contributed by atoms with Gasteiger partial charge in [0.1, 0.15) is 21.4 Å². The van der Waals surface area contributed by atoms with Crippen molar-refractivity contribution >= 4 is 28.1 Å². The third kappa shape index (κ3) is 2.41. The van der Waals surface area contributed by atoms with Crippen LogP contribution in [0.5, 0.6) is 0 Å². The van der Waals surface area contributed by atoms with E-state index in [2.05, 4.69) is 10.3 Å². The summed E-state index contributed by atoms with van der Waals surface area (Å²) in [5, 5.41) is 3.30. The van der Waals surface area contributed by atoms with Crippen LogP contribution in [0.25, 0.3) is 21.5 Å². The van der Waals surface area contributed by atoms with Gasteiger partial charge in [-0.15, -0.1) is 11.3 Å².